The van der Waals surface area contributed by atoms with Crippen LogP contribution in [0.1, 0.15) is 38.2 Å². The Hall–Kier alpha value is -1.55. The van der Waals surface area contributed by atoms with Gasteiger partial charge in [0.2, 0.25) is 0 Å². The first-order chi connectivity index (χ1) is 10.6. The summed E-state index contributed by atoms with van der Waals surface area (Å²) >= 11 is 0. The number of nitrogens with zero attached hydrogens (tertiary/aromatic N) is 2. The molecule has 0 saturated heterocycles. The molecule has 1 aliphatic carbocycles. The van der Waals surface area contributed by atoms with E-state index in [4.69, 9.17) is 0 Å². The van der Waals surface area contributed by atoms with Gasteiger partial charge in [0.25, 0.3) is 0 Å². The van der Waals surface area contributed by atoms with Crippen molar-refractivity contribution in [2.45, 2.75) is 44.7 Å². The maximum absolute atomic E-state index is 4.32. The number of hydrogen-bond donors (Lipinski definition) is 2. The van der Waals surface area contributed by atoms with E-state index in [2.05, 4.69) is 71.8 Å². The number of nitrogens with one attached hydrogen (secondary N) is 2. The predicted octanol–water partition coefficient (Wildman–Crippen LogP) is 2.44. The Morgan fingerprint density at radius 2 is 1.82 bits per heavy atom. The van der Waals surface area contributed by atoms with Crippen LogP contribution in [0.5, 0.6) is 0 Å². The molecule has 1 aliphatic rings. The second kappa shape index (κ2) is 8.18. The molecular formula is C18H30N4. The lowest BCUT2D eigenvalue weighted by Crippen LogP contribution is -2.46. The van der Waals surface area contributed by atoms with Crippen molar-refractivity contribution < 1.29 is 0 Å². The van der Waals surface area contributed by atoms with Gasteiger partial charge < -0.3 is 10.6 Å². The van der Waals surface area contributed by atoms with Gasteiger partial charge in [-0.3, -0.25) is 9.89 Å². The smallest absolute Gasteiger partial charge is 0.191 e. The lowest BCUT2D eigenvalue weighted by molar-refractivity contribution is 0.247. The highest BCUT2D eigenvalue weighted by Gasteiger charge is 2.28. The molecule has 122 valence electrons. The normalized spacial score (nSPS) is 18.1. The van der Waals surface area contributed by atoms with Gasteiger partial charge in [0.1, 0.15) is 0 Å². The van der Waals surface area contributed by atoms with Gasteiger partial charge in [-0.05, 0) is 38.3 Å². The number of aliphatic imine (C=N–C) groups is 1. The molecule has 2 atom stereocenters. The fourth-order valence-corrected chi connectivity index (χ4v) is 2.60. The van der Waals surface area contributed by atoms with Crippen LogP contribution in [0, 0.1) is 0 Å². The summed E-state index contributed by atoms with van der Waals surface area (Å²) in [6.07, 6.45) is 2.70. The quantitative estimate of drug-likeness (QED) is 0.600. The molecule has 0 bridgehead atoms. The minimum Gasteiger partial charge on any atom is -0.356 e. The second-order valence-corrected chi connectivity index (χ2v) is 6.39. The van der Waals surface area contributed by atoms with Crippen molar-refractivity contribution in [2.24, 2.45) is 4.99 Å². The van der Waals surface area contributed by atoms with Crippen LogP contribution >= 0.6 is 0 Å². The highest BCUT2D eigenvalue weighted by Crippen LogP contribution is 2.26. The van der Waals surface area contributed by atoms with Crippen LogP contribution in [0.25, 0.3) is 0 Å². The molecule has 2 unspecified atom stereocenters. The van der Waals surface area contributed by atoms with Crippen LogP contribution in [0.3, 0.4) is 0 Å². The predicted molar refractivity (Wildman–Crippen MR) is 94.5 cm³/mol. The van der Waals surface area contributed by atoms with Crippen molar-refractivity contribution in [3.05, 3.63) is 35.9 Å². The average molecular weight is 302 g/mol. The van der Waals surface area contributed by atoms with E-state index in [1.807, 2.05) is 7.05 Å². The molecule has 1 aromatic carbocycles. The Bertz CT molecular complexity index is 467. The number of rotatable bonds is 7. The van der Waals surface area contributed by atoms with Crippen molar-refractivity contribution in [3.8, 4) is 0 Å². The van der Waals surface area contributed by atoms with Crippen molar-refractivity contribution in [3.63, 3.8) is 0 Å². The second-order valence-electron chi connectivity index (χ2n) is 6.39. The van der Waals surface area contributed by atoms with E-state index in [-0.39, 0.29) is 0 Å². The zero-order valence-electron chi connectivity index (χ0n) is 14.3. The summed E-state index contributed by atoms with van der Waals surface area (Å²) in [6.45, 7) is 6.31. The van der Waals surface area contributed by atoms with Crippen LogP contribution in [-0.2, 0) is 0 Å². The third-order valence-corrected chi connectivity index (χ3v) is 4.55. The minimum absolute atomic E-state index is 0.464. The first-order valence-corrected chi connectivity index (χ1v) is 8.33. The summed E-state index contributed by atoms with van der Waals surface area (Å²) in [5, 5.41) is 6.86. The zero-order chi connectivity index (χ0) is 15.9. The minimum atomic E-state index is 0.464. The highest BCUT2D eigenvalue weighted by atomic mass is 15.2. The van der Waals surface area contributed by atoms with Gasteiger partial charge >= 0.3 is 0 Å². The topological polar surface area (TPSA) is 39.7 Å². The molecule has 22 heavy (non-hydrogen) atoms. The van der Waals surface area contributed by atoms with E-state index in [0.29, 0.717) is 12.0 Å². The molecule has 0 radical (unpaired) electrons. The van der Waals surface area contributed by atoms with E-state index in [9.17, 15) is 0 Å². The standard InChI is InChI=1S/C18H30N4/c1-14(16-8-6-5-7-9-16)12-20-18(19-3)21-13-15(2)22(4)17-10-11-17/h5-9,14-15,17H,10-13H2,1-4H3,(H2,19,20,21). The zero-order valence-corrected chi connectivity index (χ0v) is 14.3. The molecule has 0 heterocycles. The monoisotopic (exact) mass is 302 g/mol. The molecule has 4 nitrogen and oxygen atoms in total. The van der Waals surface area contributed by atoms with Crippen molar-refractivity contribution >= 4 is 5.96 Å². The molecule has 0 aromatic heterocycles. The molecule has 0 spiro atoms. The lowest BCUT2D eigenvalue weighted by Gasteiger charge is -2.25. The molecule has 1 aromatic rings. The summed E-state index contributed by atoms with van der Waals surface area (Å²) in [7, 11) is 4.05. The van der Waals surface area contributed by atoms with Gasteiger partial charge in [-0.2, -0.15) is 0 Å². The molecule has 4 heteroatoms. The van der Waals surface area contributed by atoms with Crippen LogP contribution in [0.4, 0.5) is 0 Å². The highest BCUT2D eigenvalue weighted by molar-refractivity contribution is 5.79. The van der Waals surface area contributed by atoms with Gasteiger partial charge in [-0.25, -0.2) is 0 Å². The summed E-state index contributed by atoms with van der Waals surface area (Å²) < 4.78 is 0. The Balaban J connectivity index is 1.73. The fourth-order valence-electron chi connectivity index (χ4n) is 2.60. The molecular weight excluding hydrogens is 272 g/mol. The molecule has 1 fully saturated rings. The maximum Gasteiger partial charge on any atom is 0.191 e. The fraction of sp³-hybridized carbons (Fsp3) is 0.611. The van der Waals surface area contributed by atoms with E-state index >= 15 is 0 Å². The van der Waals surface area contributed by atoms with Crippen LogP contribution in [0.15, 0.2) is 35.3 Å². The van der Waals surface area contributed by atoms with E-state index in [0.717, 1.165) is 25.1 Å². The van der Waals surface area contributed by atoms with Crippen LogP contribution in [-0.4, -0.2) is 50.1 Å². The Labute approximate surface area is 135 Å². The number of guanidine groups is 1. The first-order valence-electron chi connectivity index (χ1n) is 8.33. The lowest BCUT2D eigenvalue weighted by atomic mass is 10.0. The summed E-state index contributed by atoms with van der Waals surface area (Å²) in [6, 6.07) is 11.9. The van der Waals surface area contributed by atoms with E-state index < -0.39 is 0 Å². The third kappa shape index (κ3) is 5.02. The molecule has 0 aliphatic heterocycles. The van der Waals surface area contributed by atoms with Crippen molar-refractivity contribution in [1.29, 1.82) is 0 Å². The average Bonchev–Trinajstić information content (AvgIpc) is 3.39. The van der Waals surface area contributed by atoms with Crippen molar-refractivity contribution in [1.82, 2.24) is 15.5 Å². The van der Waals surface area contributed by atoms with Gasteiger partial charge in [-0.15, -0.1) is 0 Å². The molecule has 0 amide bonds. The molecule has 2 rings (SSSR count). The Kier molecular flexibility index (Phi) is 6.25. The van der Waals surface area contributed by atoms with Crippen molar-refractivity contribution in [2.75, 3.05) is 27.2 Å². The number of benzene rings is 1. The molecule has 1 saturated carbocycles. The van der Waals surface area contributed by atoms with E-state index in [1.165, 1.54) is 18.4 Å². The SMILES string of the molecule is CN=C(NCC(C)c1ccccc1)NCC(C)N(C)C1CC1. The van der Waals surface area contributed by atoms with Gasteiger partial charge in [0.05, 0.1) is 0 Å². The van der Waals surface area contributed by atoms with Gasteiger partial charge in [-0.1, -0.05) is 37.3 Å². The third-order valence-electron chi connectivity index (χ3n) is 4.55. The van der Waals surface area contributed by atoms with Crippen LogP contribution < -0.4 is 10.6 Å². The maximum atomic E-state index is 4.32. The van der Waals surface area contributed by atoms with Gasteiger partial charge in [0.15, 0.2) is 5.96 Å². The first kappa shape index (κ1) is 16.8. The summed E-state index contributed by atoms with van der Waals surface area (Å²) in [4.78, 5) is 6.79. The van der Waals surface area contributed by atoms with Crippen LogP contribution in [0.2, 0.25) is 0 Å². The number of hydrogen-bond acceptors (Lipinski definition) is 2. The Morgan fingerprint density at radius 1 is 1.18 bits per heavy atom. The summed E-state index contributed by atoms with van der Waals surface area (Å²) in [5.41, 5.74) is 1.35. The number of likely N-dealkylation sites (N-methyl/N-ethyl adjacent to an activating group) is 1. The largest absolute Gasteiger partial charge is 0.356 e. The molecule has 2 N–H and O–H groups in total. The van der Waals surface area contributed by atoms with Gasteiger partial charge in [0, 0.05) is 32.2 Å². The summed E-state index contributed by atoms with van der Waals surface area (Å²) in [5.74, 6) is 1.35. The van der Waals surface area contributed by atoms with E-state index in [1.54, 1.807) is 0 Å². The Morgan fingerprint density at radius 3 is 2.41 bits per heavy atom.